The van der Waals surface area contributed by atoms with Crippen LogP contribution in [0.1, 0.15) is 58.8 Å². The molecule has 0 spiro atoms. The van der Waals surface area contributed by atoms with E-state index in [-0.39, 0.29) is 23.4 Å². The van der Waals surface area contributed by atoms with Gasteiger partial charge in [-0.3, -0.25) is 9.59 Å². The van der Waals surface area contributed by atoms with Crippen LogP contribution in [0.25, 0.3) is 0 Å². The molecule has 3 saturated carbocycles. The van der Waals surface area contributed by atoms with Crippen molar-refractivity contribution in [2.45, 2.75) is 58.8 Å². The SMILES string of the molecule is C[C@H]1CC(=O)CC2=CC[C@@H]3[C@H](CC[C@]4(C)C(=O)CC[C@@H]34)[C@]21CO. The molecule has 0 unspecified atom stereocenters. The maximum atomic E-state index is 12.4. The third-order valence-electron chi connectivity index (χ3n) is 8.10. The Hall–Kier alpha value is -0.960. The molecule has 3 nitrogen and oxygen atoms in total. The van der Waals surface area contributed by atoms with Gasteiger partial charge in [-0.1, -0.05) is 25.5 Å². The first-order valence-corrected chi connectivity index (χ1v) is 9.29. The van der Waals surface area contributed by atoms with Crippen molar-refractivity contribution in [3.63, 3.8) is 0 Å². The molecule has 4 rings (SSSR count). The maximum absolute atomic E-state index is 12.4. The minimum Gasteiger partial charge on any atom is -0.395 e. The number of hydrogen-bond donors (Lipinski definition) is 1. The molecule has 0 heterocycles. The number of aliphatic hydroxyl groups excluding tert-OH is 1. The summed E-state index contributed by atoms with van der Waals surface area (Å²) in [7, 11) is 0. The van der Waals surface area contributed by atoms with Crippen LogP contribution in [0.3, 0.4) is 0 Å². The van der Waals surface area contributed by atoms with Gasteiger partial charge in [0.05, 0.1) is 6.61 Å². The largest absolute Gasteiger partial charge is 0.395 e. The zero-order valence-electron chi connectivity index (χ0n) is 14.3. The Morgan fingerprint density at radius 3 is 2.78 bits per heavy atom. The topological polar surface area (TPSA) is 54.4 Å². The lowest BCUT2D eigenvalue weighted by Crippen LogP contribution is -2.55. The number of hydrogen-bond acceptors (Lipinski definition) is 3. The van der Waals surface area contributed by atoms with Crippen molar-refractivity contribution in [2.24, 2.45) is 34.5 Å². The first-order valence-electron chi connectivity index (χ1n) is 9.29. The van der Waals surface area contributed by atoms with Gasteiger partial charge >= 0.3 is 0 Å². The molecule has 1 N–H and O–H groups in total. The molecule has 6 atom stereocenters. The van der Waals surface area contributed by atoms with E-state index in [1.165, 1.54) is 5.57 Å². The maximum Gasteiger partial charge on any atom is 0.139 e. The van der Waals surface area contributed by atoms with Crippen molar-refractivity contribution in [2.75, 3.05) is 6.61 Å². The van der Waals surface area contributed by atoms with E-state index in [0.29, 0.717) is 42.2 Å². The Balaban J connectivity index is 1.77. The van der Waals surface area contributed by atoms with E-state index in [4.69, 9.17) is 0 Å². The third-order valence-corrected chi connectivity index (χ3v) is 8.10. The fourth-order valence-electron chi connectivity index (χ4n) is 6.83. The zero-order chi connectivity index (χ0) is 16.4. The van der Waals surface area contributed by atoms with Crippen LogP contribution in [0.15, 0.2) is 11.6 Å². The highest BCUT2D eigenvalue weighted by Crippen LogP contribution is 2.64. The standard InChI is InChI=1S/C20H28O3/c1-12-9-14(22)10-13-3-4-15-16-5-6-18(23)19(16,2)8-7-17(15)20(12,13)11-21/h3,12,15-17,21H,4-11H2,1-2H3/t12-,15-,16-,17-,19-,20-/m0/s1. The van der Waals surface area contributed by atoms with Gasteiger partial charge in [0, 0.05) is 30.1 Å². The van der Waals surface area contributed by atoms with E-state index >= 15 is 0 Å². The summed E-state index contributed by atoms with van der Waals surface area (Å²) in [5.74, 6) is 2.42. The fourth-order valence-corrected chi connectivity index (χ4v) is 6.83. The van der Waals surface area contributed by atoms with Crippen LogP contribution in [-0.4, -0.2) is 23.3 Å². The molecule has 3 heteroatoms. The van der Waals surface area contributed by atoms with E-state index in [9.17, 15) is 14.7 Å². The van der Waals surface area contributed by atoms with E-state index < -0.39 is 0 Å². The minimum absolute atomic E-state index is 0.128. The van der Waals surface area contributed by atoms with Gasteiger partial charge in [-0.25, -0.2) is 0 Å². The predicted octanol–water partition coefficient (Wildman–Crippen LogP) is 3.31. The van der Waals surface area contributed by atoms with E-state index in [1.54, 1.807) is 0 Å². The summed E-state index contributed by atoms with van der Waals surface area (Å²) in [5.41, 5.74) is 0.874. The van der Waals surface area contributed by atoms with E-state index in [2.05, 4.69) is 19.9 Å². The van der Waals surface area contributed by atoms with Gasteiger partial charge < -0.3 is 5.11 Å². The third kappa shape index (κ3) is 1.86. The number of carbonyl (C=O) groups is 2. The lowest BCUT2D eigenvalue weighted by Gasteiger charge is -2.58. The Morgan fingerprint density at radius 1 is 1.26 bits per heavy atom. The number of allylic oxidation sites excluding steroid dienone is 1. The number of Topliss-reactive ketones (excluding diaryl/α,β-unsaturated/α-hetero) is 2. The molecule has 4 aliphatic rings. The van der Waals surface area contributed by atoms with Crippen molar-refractivity contribution < 1.29 is 14.7 Å². The number of fused-ring (bicyclic) bond motifs is 5. The first-order chi connectivity index (χ1) is 10.9. The highest BCUT2D eigenvalue weighted by Gasteiger charge is 2.61. The van der Waals surface area contributed by atoms with Crippen LogP contribution >= 0.6 is 0 Å². The smallest absolute Gasteiger partial charge is 0.139 e. The Kier molecular flexibility index (Phi) is 3.39. The molecular formula is C20H28O3. The number of rotatable bonds is 1. The van der Waals surface area contributed by atoms with Crippen molar-refractivity contribution in [1.29, 1.82) is 0 Å². The normalized spacial score (nSPS) is 49.3. The van der Waals surface area contributed by atoms with E-state index in [0.717, 1.165) is 32.1 Å². The summed E-state index contributed by atoms with van der Waals surface area (Å²) >= 11 is 0. The van der Waals surface area contributed by atoms with Gasteiger partial charge in [-0.05, 0) is 49.4 Å². The van der Waals surface area contributed by atoms with Crippen LogP contribution < -0.4 is 0 Å². The van der Waals surface area contributed by atoms with Crippen LogP contribution in [0.5, 0.6) is 0 Å². The second-order valence-electron chi connectivity index (χ2n) is 8.78. The summed E-state index contributed by atoms with van der Waals surface area (Å²) in [6, 6.07) is 0. The fraction of sp³-hybridized carbons (Fsp3) is 0.800. The van der Waals surface area contributed by atoms with E-state index in [1.807, 2.05) is 0 Å². The molecule has 0 aliphatic heterocycles. The van der Waals surface area contributed by atoms with Gasteiger partial charge in [0.1, 0.15) is 11.6 Å². The quantitative estimate of drug-likeness (QED) is 0.755. The molecule has 23 heavy (non-hydrogen) atoms. The van der Waals surface area contributed by atoms with Gasteiger partial charge in [0.25, 0.3) is 0 Å². The van der Waals surface area contributed by atoms with Crippen molar-refractivity contribution >= 4 is 11.6 Å². The minimum atomic E-state index is -0.205. The molecular weight excluding hydrogens is 288 g/mol. The summed E-state index contributed by atoms with van der Waals surface area (Å²) < 4.78 is 0. The number of ketones is 2. The highest BCUT2D eigenvalue weighted by molar-refractivity contribution is 5.87. The Labute approximate surface area is 138 Å². The van der Waals surface area contributed by atoms with Crippen LogP contribution in [-0.2, 0) is 9.59 Å². The summed E-state index contributed by atoms with van der Waals surface area (Å²) in [4.78, 5) is 24.5. The molecule has 0 saturated heterocycles. The zero-order valence-corrected chi connectivity index (χ0v) is 14.3. The van der Waals surface area contributed by atoms with Gasteiger partial charge in [-0.15, -0.1) is 0 Å². The molecule has 0 amide bonds. The molecule has 3 fully saturated rings. The Morgan fingerprint density at radius 2 is 2.04 bits per heavy atom. The lowest BCUT2D eigenvalue weighted by molar-refractivity contribution is -0.136. The van der Waals surface area contributed by atoms with Crippen molar-refractivity contribution in [3.05, 3.63) is 11.6 Å². The second-order valence-corrected chi connectivity index (χ2v) is 8.78. The summed E-state index contributed by atoms with van der Waals surface area (Å²) in [6.45, 7) is 4.49. The lowest BCUT2D eigenvalue weighted by atomic mass is 9.45. The Bertz CT molecular complexity index is 592. The molecule has 0 radical (unpaired) electrons. The molecule has 0 aromatic rings. The van der Waals surface area contributed by atoms with Crippen LogP contribution in [0.2, 0.25) is 0 Å². The molecule has 4 aliphatic carbocycles. The molecule has 126 valence electrons. The first kappa shape index (κ1) is 15.6. The monoisotopic (exact) mass is 316 g/mol. The van der Waals surface area contributed by atoms with Crippen molar-refractivity contribution in [3.8, 4) is 0 Å². The average molecular weight is 316 g/mol. The summed E-state index contributed by atoms with van der Waals surface area (Å²) in [6.07, 6.45) is 8.15. The molecule has 0 bridgehead atoms. The highest BCUT2D eigenvalue weighted by atomic mass is 16.3. The predicted molar refractivity (Wildman–Crippen MR) is 87.7 cm³/mol. The van der Waals surface area contributed by atoms with Crippen LogP contribution in [0.4, 0.5) is 0 Å². The van der Waals surface area contributed by atoms with Crippen molar-refractivity contribution in [1.82, 2.24) is 0 Å². The second kappa shape index (κ2) is 5.02. The molecule has 0 aromatic heterocycles. The number of carbonyl (C=O) groups excluding carboxylic acids is 2. The van der Waals surface area contributed by atoms with Crippen LogP contribution in [0, 0.1) is 34.5 Å². The molecule has 0 aromatic carbocycles. The van der Waals surface area contributed by atoms with Gasteiger partial charge in [-0.2, -0.15) is 0 Å². The van der Waals surface area contributed by atoms with Gasteiger partial charge in [0.2, 0.25) is 0 Å². The average Bonchev–Trinajstić information content (AvgIpc) is 2.82. The summed E-state index contributed by atoms with van der Waals surface area (Å²) in [5, 5.41) is 10.4. The van der Waals surface area contributed by atoms with Gasteiger partial charge in [0.15, 0.2) is 0 Å². The number of aliphatic hydroxyl groups is 1.